The minimum absolute atomic E-state index is 0.880. The smallest absolute Gasteiger partial charge is 0.181 e. The van der Waals surface area contributed by atoms with Gasteiger partial charge in [0.1, 0.15) is 5.52 Å². The van der Waals surface area contributed by atoms with E-state index in [2.05, 4.69) is 34.4 Å². The van der Waals surface area contributed by atoms with Gasteiger partial charge in [0.15, 0.2) is 12.0 Å². The first-order chi connectivity index (χ1) is 8.79. The zero-order chi connectivity index (χ0) is 12.8. The molecule has 0 fully saturated rings. The second kappa shape index (κ2) is 6.52. The lowest BCUT2D eigenvalue weighted by molar-refractivity contribution is 0.332. The summed E-state index contributed by atoms with van der Waals surface area (Å²) in [5, 5.41) is 3.17. The van der Waals surface area contributed by atoms with E-state index in [1.165, 1.54) is 18.4 Å². The fourth-order valence-corrected chi connectivity index (χ4v) is 2.01. The van der Waals surface area contributed by atoms with Crippen molar-refractivity contribution in [1.29, 1.82) is 0 Å². The highest BCUT2D eigenvalue weighted by Crippen LogP contribution is 2.14. The molecule has 1 aromatic carbocycles. The predicted octanol–water partition coefficient (Wildman–Crippen LogP) is 1.91. The van der Waals surface area contributed by atoms with Crippen LogP contribution in [0.25, 0.3) is 11.1 Å². The molecule has 0 atom stereocenters. The topological polar surface area (TPSA) is 41.3 Å². The summed E-state index contributed by atoms with van der Waals surface area (Å²) in [4.78, 5) is 6.48. The Morgan fingerprint density at radius 2 is 2.22 bits per heavy atom. The van der Waals surface area contributed by atoms with E-state index in [1.54, 1.807) is 0 Å². The van der Waals surface area contributed by atoms with Gasteiger partial charge in [-0.15, -0.1) is 0 Å². The summed E-state index contributed by atoms with van der Waals surface area (Å²) in [7, 11) is 4.16. The number of nitrogens with one attached hydrogen (secondary N) is 1. The fourth-order valence-electron chi connectivity index (χ4n) is 2.01. The molecule has 18 heavy (non-hydrogen) atoms. The molecule has 0 saturated carbocycles. The van der Waals surface area contributed by atoms with Gasteiger partial charge in [-0.25, -0.2) is 4.98 Å². The van der Waals surface area contributed by atoms with Crippen LogP contribution in [-0.4, -0.2) is 43.6 Å². The van der Waals surface area contributed by atoms with Crippen LogP contribution in [0, 0.1) is 0 Å². The van der Waals surface area contributed by atoms with Gasteiger partial charge < -0.3 is 14.6 Å². The summed E-state index contributed by atoms with van der Waals surface area (Å²) in [6, 6.07) is 6.24. The van der Waals surface area contributed by atoms with E-state index in [0.717, 1.165) is 37.2 Å². The van der Waals surface area contributed by atoms with E-state index in [9.17, 15) is 0 Å². The number of oxazole rings is 1. The number of nitrogens with zero attached hydrogens (tertiary/aromatic N) is 2. The van der Waals surface area contributed by atoms with Crippen molar-refractivity contribution in [1.82, 2.24) is 15.2 Å². The molecule has 2 aromatic rings. The van der Waals surface area contributed by atoms with Gasteiger partial charge in [-0.3, -0.25) is 0 Å². The van der Waals surface area contributed by atoms with Crippen molar-refractivity contribution in [3.05, 3.63) is 30.2 Å². The van der Waals surface area contributed by atoms with E-state index in [4.69, 9.17) is 4.42 Å². The summed E-state index contributed by atoms with van der Waals surface area (Å²) >= 11 is 0. The van der Waals surface area contributed by atoms with Crippen LogP contribution in [0.3, 0.4) is 0 Å². The highest BCUT2D eigenvalue weighted by atomic mass is 16.3. The molecular weight excluding hydrogens is 226 g/mol. The molecule has 0 bridgehead atoms. The zero-order valence-electron chi connectivity index (χ0n) is 11.1. The Hall–Kier alpha value is -1.39. The number of fused-ring (bicyclic) bond motifs is 1. The van der Waals surface area contributed by atoms with Gasteiger partial charge in [0.2, 0.25) is 0 Å². The molecule has 0 aliphatic carbocycles. The number of likely N-dealkylation sites (N-methyl/N-ethyl adjacent to an activating group) is 1. The normalized spacial score (nSPS) is 11.5. The Kier molecular flexibility index (Phi) is 4.73. The Morgan fingerprint density at radius 1 is 1.33 bits per heavy atom. The van der Waals surface area contributed by atoms with Gasteiger partial charge in [0, 0.05) is 6.54 Å². The first-order valence-electron chi connectivity index (χ1n) is 6.45. The third kappa shape index (κ3) is 3.55. The van der Waals surface area contributed by atoms with Crippen molar-refractivity contribution < 1.29 is 4.42 Å². The Balaban J connectivity index is 1.81. The average molecular weight is 247 g/mol. The van der Waals surface area contributed by atoms with E-state index in [1.807, 2.05) is 13.1 Å². The lowest BCUT2D eigenvalue weighted by Gasteiger charge is -2.16. The SMILES string of the molecule is CNCCCN(C)CCc1ccc2ncoc2c1. The average Bonchev–Trinajstić information content (AvgIpc) is 2.84. The third-order valence-corrected chi connectivity index (χ3v) is 3.14. The molecule has 0 aliphatic rings. The molecule has 0 radical (unpaired) electrons. The second-order valence-electron chi connectivity index (χ2n) is 4.66. The first kappa shape index (κ1) is 13.1. The fraction of sp³-hybridized carbons (Fsp3) is 0.500. The minimum Gasteiger partial charge on any atom is -0.443 e. The van der Waals surface area contributed by atoms with E-state index >= 15 is 0 Å². The quantitative estimate of drug-likeness (QED) is 0.759. The Morgan fingerprint density at radius 3 is 3.06 bits per heavy atom. The largest absolute Gasteiger partial charge is 0.443 e. The molecule has 0 aliphatic heterocycles. The van der Waals surface area contributed by atoms with Crippen molar-refractivity contribution in [2.24, 2.45) is 0 Å². The van der Waals surface area contributed by atoms with Gasteiger partial charge in [0.25, 0.3) is 0 Å². The molecule has 1 N–H and O–H groups in total. The van der Waals surface area contributed by atoms with Gasteiger partial charge in [-0.05, 0) is 57.7 Å². The summed E-state index contributed by atoms with van der Waals surface area (Å²) in [5.74, 6) is 0. The summed E-state index contributed by atoms with van der Waals surface area (Å²) in [6.45, 7) is 3.28. The van der Waals surface area contributed by atoms with Crippen molar-refractivity contribution in [2.75, 3.05) is 33.7 Å². The summed E-state index contributed by atoms with van der Waals surface area (Å²) in [6.07, 6.45) is 3.74. The van der Waals surface area contributed by atoms with Crippen LogP contribution in [-0.2, 0) is 6.42 Å². The molecule has 98 valence electrons. The van der Waals surface area contributed by atoms with Crippen molar-refractivity contribution in [3.63, 3.8) is 0 Å². The van der Waals surface area contributed by atoms with Crippen LogP contribution in [0.5, 0.6) is 0 Å². The van der Waals surface area contributed by atoms with Crippen LogP contribution in [0.15, 0.2) is 29.0 Å². The van der Waals surface area contributed by atoms with Crippen LogP contribution in [0.2, 0.25) is 0 Å². The second-order valence-corrected chi connectivity index (χ2v) is 4.66. The van der Waals surface area contributed by atoms with Crippen molar-refractivity contribution in [2.45, 2.75) is 12.8 Å². The lowest BCUT2D eigenvalue weighted by Crippen LogP contribution is -2.24. The van der Waals surface area contributed by atoms with Crippen LogP contribution in [0.4, 0.5) is 0 Å². The van der Waals surface area contributed by atoms with Crippen LogP contribution < -0.4 is 5.32 Å². The number of aromatic nitrogens is 1. The molecule has 0 unspecified atom stereocenters. The maximum absolute atomic E-state index is 5.31. The van der Waals surface area contributed by atoms with Crippen LogP contribution in [0.1, 0.15) is 12.0 Å². The Labute approximate surface area is 108 Å². The number of benzene rings is 1. The van der Waals surface area contributed by atoms with E-state index in [0.29, 0.717) is 0 Å². The van der Waals surface area contributed by atoms with Crippen molar-refractivity contribution >= 4 is 11.1 Å². The number of hydrogen-bond donors (Lipinski definition) is 1. The number of rotatable bonds is 7. The highest BCUT2D eigenvalue weighted by molar-refractivity contribution is 5.72. The predicted molar refractivity (Wildman–Crippen MR) is 73.8 cm³/mol. The van der Waals surface area contributed by atoms with Gasteiger partial charge in [-0.2, -0.15) is 0 Å². The summed E-state index contributed by atoms with van der Waals surface area (Å²) in [5.41, 5.74) is 3.12. The zero-order valence-corrected chi connectivity index (χ0v) is 11.1. The lowest BCUT2D eigenvalue weighted by atomic mass is 10.1. The Bertz CT molecular complexity index is 481. The maximum Gasteiger partial charge on any atom is 0.181 e. The van der Waals surface area contributed by atoms with Gasteiger partial charge in [-0.1, -0.05) is 6.07 Å². The van der Waals surface area contributed by atoms with Crippen molar-refractivity contribution in [3.8, 4) is 0 Å². The minimum atomic E-state index is 0.880. The highest BCUT2D eigenvalue weighted by Gasteiger charge is 2.02. The van der Waals surface area contributed by atoms with E-state index in [-0.39, 0.29) is 0 Å². The van der Waals surface area contributed by atoms with Crippen LogP contribution >= 0.6 is 0 Å². The number of hydrogen-bond acceptors (Lipinski definition) is 4. The van der Waals surface area contributed by atoms with E-state index < -0.39 is 0 Å². The molecule has 0 saturated heterocycles. The molecule has 0 spiro atoms. The molecule has 1 aromatic heterocycles. The monoisotopic (exact) mass is 247 g/mol. The standard InChI is InChI=1S/C14H21N3O/c1-15-7-3-8-17(2)9-6-12-4-5-13-14(10-12)18-11-16-13/h4-5,10-11,15H,3,6-9H2,1-2H3. The first-order valence-corrected chi connectivity index (χ1v) is 6.45. The van der Waals surface area contributed by atoms with Gasteiger partial charge in [0.05, 0.1) is 0 Å². The van der Waals surface area contributed by atoms with Gasteiger partial charge >= 0.3 is 0 Å². The third-order valence-electron chi connectivity index (χ3n) is 3.14. The maximum atomic E-state index is 5.31. The molecule has 4 heteroatoms. The summed E-state index contributed by atoms with van der Waals surface area (Å²) < 4.78 is 5.31. The molecule has 0 amide bonds. The molecule has 2 rings (SSSR count). The molecular formula is C14H21N3O. The molecule has 1 heterocycles. The molecule has 4 nitrogen and oxygen atoms in total.